The van der Waals surface area contributed by atoms with E-state index in [0.29, 0.717) is 38.8 Å². The molecule has 0 saturated heterocycles. The van der Waals surface area contributed by atoms with Crippen LogP contribution in [0.4, 0.5) is 4.79 Å². The van der Waals surface area contributed by atoms with E-state index in [1.807, 2.05) is 31.2 Å². The molecular formula is C17H24N2O4. The summed E-state index contributed by atoms with van der Waals surface area (Å²) in [7, 11) is 0. The standard InChI is InChI=1S/C17H24N2O4/c1-12-4-2-3-5-15(12)23-11-10-18-17(22)19-14-8-6-13(7-9-14)16(20)21/h2-5,13-14H,6-11H2,1H3,(H,20,21)(H2,18,19,22). The van der Waals surface area contributed by atoms with Gasteiger partial charge in [0.25, 0.3) is 0 Å². The third kappa shape index (κ3) is 5.47. The summed E-state index contributed by atoms with van der Waals surface area (Å²) in [5.74, 6) is -0.179. The van der Waals surface area contributed by atoms with Gasteiger partial charge < -0.3 is 20.5 Å². The van der Waals surface area contributed by atoms with Gasteiger partial charge in [-0.05, 0) is 44.2 Å². The maximum atomic E-state index is 11.8. The van der Waals surface area contributed by atoms with Gasteiger partial charge in [0, 0.05) is 6.04 Å². The topological polar surface area (TPSA) is 87.7 Å². The number of amides is 2. The zero-order valence-corrected chi connectivity index (χ0v) is 13.4. The Morgan fingerprint density at radius 3 is 2.57 bits per heavy atom. The summed E-state index contributed by atoms with van der Waals surface area (Å²) in [4.78, 5) is 22.7. The average molecular weight is 320 g/mol. The molecule has 1 aliphatic carbocycles. The van der Waals surface area contributed by atoms with Crippen molar-refractivity contribution in [3.63, 3.8) is 0 Å². The van der Waals surface area contributed by atoms with Crippen LogP contribution in [-0.2, 0) is 4.79 Å². The number of carboxylic acids is 1. The molecule has 1 aromatic rings. The number of hydrogen-bond acceptors (Lipinski definition) is 3. The van der Waals surface area contributed by atoms with E-state index in [0.717, 1.165) is 11.3 Å². The van der Waals surface area contributed by atoms with Crippen LogP contribution in [0.1, 0.15) is 31.2 Å². The maximum absolute atomic E-state index is 11.8. The molecule has 0 aliphatic heterocycles. The molecule has 1 aromatic carbocycles. The average Bonchev–Trinajstić information content (AvgIpc) is 2.53. The summed E-state index contributed by atoms with van der Waals surface area (Å²) in [5.41, 5.74) is 1.06. The van der Waals surface area contributed by atoms with E-state index >= 15 is 0 Å². The van der Waals surface area contributed by atoms with E-state index in [1.165, 1.54) is 0 Å². The molecule has 0 radical (unpaired) electrons. The number of nitrogens with one attached hydrogen (secondary N) is 2. The first-order chi connectivity index (χ1) is 11.1. The summed E-state index contributed by atoms with van der Waals surface area (Å²) in [6.07, 6.45) is 2.67. The van der Waals surface area contributed by atoms with Gasteiger partial charge in [-0.3, -0.25) is 4.79 Å². The molecule has 0 unspecified atom stereocenters. The molecule has 2 rings (SSSR count). The van der Waals surface area contributed by atoms with Gasteiger partial charge in [-0.25, -0.2) is 4.79 Å². The Morgan fingerprint density at radius 2 is 1.91 bits per heavy atom. The van der Waals surface area contributed by atoms with Crippen molar-refractivity contribution in [1.29, 1.82) is 0 Å². The number of ether oxygens (including phenoxy) is 1. The van der Waals surface area contributed by atoms with Crippen molar-refractivity contribution < 1.29 is 19.4 Å². The minimum absolute atomic E-state index is 0.0582. The van der Waals surface area contributed by atoms with Gasteiger partial charge in [-0.2, -0.15) is 0 Å². The number of carbonyl (C=O) groups excluding carboxylic acids is 1. The van der Waals surface area contributed by atoms with Crippen LogP contribution in [0.15, 0.2) is 24.3 Å². The minimum Gasteiger partial charge on any atom is -0.491 e. The Morgan fingerprint density at radius 1 is 1.22 bits per heavy atom. The van der Waals surface area contributed by atoms with Gasteiger partial charge in [-0.15, -0.1) is 0 Å². The number of urea groups is 1. The molecular weight excluding hydrogens is 296 g/mol. The van der Waals surface area contributed by atoms with Crippen molar-refractivity contribution in [3.8, 4) is 5.75 Å². The van der Waals surface area contributed by atoms with E-state index in [2.05, 4.69) is 10.6 Å². The highest BCUT2D eigenvalue weighted by atomic mass is 16.5. The van der Waals surface area contributed by atoms with Crippen LogP contribution in [0.3, 0.4) is 0 Å². The Bertz CT molecular complexity index is 539. The fourth-order valence-corrected chi connectivity index (χ4v) is 2.77. The molecule has 3 N–H and O–H groups in total. The number of aryl methyl sites for hydroxylation is 1. The first-order valence-corrected chi connectivity index (χ1v) is 8.02. The molecule has 0 spiro atoms. The summed E-state index contributed by atoms with van der Waals surface area (Å²) in [6.45, 7) is 2.80. The third-order valence-corrected chi connectivity index (χ3v) is 4.15. The molecule has 1 aliphatic rings. The number of hydrogen-bond donors (Lipinski definition) is 3. The fraction of sp³-hybridized carbons (Fsp3) is 0.529. The highest BCUT2D eigenvalue weighted by Crippen LogP contribution is 2.24. The van der Waals surface area contributed by atoms with Crippen LogP contribution in [0.2, 0.25) is 0 Å². The number of aliphatic carboxylic acids is 1. The molecule has 0 heterocycles. The summed E-state index contributed by atoms with van der Waals surface area (Å²) < 4.78 is 5.61. The zero-order chi connectivity index (χ0) is 16.7. The number of benzene rings is 1. The molecule has 6 heteroatoms. The summed E-state index contributed by atoms with van der Waals surface area (Å²) in [6, 6.07) is 7.57. The molecule has 0 bridgehead atoms. The second-order valence-electron chi connectivity index (χ2n) is 5.90. The summed E-state index contributed by atoms with van der Waals surface area (Å²) >= 11 is 0. The SMILES string of the molecule is Cc1ccccc1OCCNC(=O)NC1CCC(C(=O)O)CC1. The van der Waals surface area contributed by atoms with Crippen molar-refractivity contribution in [2.45, 2.75) is 38.6 Å². The molecule has 1 saturated carbocycles. The van der Waals surface area contributed by atoms with Gasteiger partial charge >= 0.3 is 12.0 Å². The Balaban J connectivity index is 1.61. The Kier molecular flexibility index (Phi) is 6.26. The van der Waals surface area contributed by atoms with Gasteiger partial charge in [0.15, 0.2) is 0 Å². The highest BCUT2D eigenvalue weighted by Gasteiger charge is 2.26. The van der Waals surface area contributed by atoms with Crippen LogP contribution in [-0.4, -0.2) is 36.3 Å². The zero-order valence-electron chi connectivity index (χ0n) is 13.4. The predicted molar refractivity (Wildman–Crippen MR) is 86.6 cm³/mol. The lowest BCUT2D eigenvalue weighted by molar-refractivity contribution is -0.142. The lowest BCUT2D eigenvalue weighted by atomic mass is 9.86. The molecule has 0 atom stereocenters. The largest absolute Gasteiger partial charge is 0.491 e. The number of rotatable bonds is 6. The van der Waals surface area contributed by atoms with Crippen LogP contribution < -0.4 is 15.4 Å². The van der Waals surface area contributed by atoms with Crippen molar-refractivity contribution in [1.82, 2.24) is 10.6 Å². The highest BCUT2D eigenvalue weighted by molar-refractivity contribution is 5.74. The quantitative estimate of drug-likeness (QED) is 0.702. The lowest BCUT2D eigenvalue weighted by Gasteiger charge is -2.26. The van der Waals surface area contributed by atoms with E-state index in [-0.39, 0.29) is 18.0 Å². The molecule has 6 nitrogen and oxygen atoms in total. The smallest absolute Gasteiger partial charge is 0.315 e. The maximum Gasteiger partial charge on any atom is 0.315 e. The first kappa shape index (κ1) is 17.1. The Hall–Kier alpha value is -2.24. The van der Waals surface area contributed by atoms with E-state index in [9.17, 15) is 9.59 Å². The lowest BCUT2D eigenvalue weighted by Crippen LogP contribution is -2.45. The number of carbonyl (C=O) groups is 2. The van der Waals surface area contributed by atoms with E-state index < -0.39 is 5.97 Å². The van der Waals surface area contributed by atoms with Gasteiger partial charge in [0.05, 0.1) is 12.5 Å². The predicted octanol–water partition coefficient (Wildman–Crippen LogP) is 2.32. The Labute approximate surface area is 136 Å². The molecule has 23 heavy (non-hydrogen) atoms. The van der Waals surface area contributed by atoms with Gasteiger partial charge in [-0.1, -0.05) is 18.2 Å². The third-order valence-electron chi connectivity index (χ3n) is 4.15. The van der Waals surface area contributed by atoms with Crippen LogP contribution in [0, 0.1) is 12.8 Å². The van der Waals surface area contributed by atoms with Crippen molar-refractivity contribution in [3.05, 3.63) is 29.8 Å². The number of carboxylic acid groups (broad SMARTS) is 1. The second-order valence-corrected chi connectivity index (χ2v) is 5.90. The molecule has 1 fully saturated rings. The van der Waals surface area contributed by atoms with Crippen LogP contribution >= 0.6 is 0 Å². The van der Waals surface area contributed by atoms with Gasteiger partial charge in [0.1, 0.15) is 12.4 Å². The fourth-order valence-electron chi connectivity index (χ4n) is 2.77. The van der Waals surface area contributed by atoms with Crippen molar-refractivity contribution >= 4 is 12.0 Å². The van der Waals surface area contributed by atoms with E-state index in [4.69, 9.17) is 9.84 Å². The van der Waals surface area contributed by atoms with Crippen LogP contribution in [0.25, 0.3) is 0 Å². The number of para-hydroxylation sites is 1. The normalized spacial score (nSPS) is 20.6. The molecule has 0 aromatic heterocycles. The minimum atomic E-state index is -0.735. The van der Waals surface area contributed by atoms with Gasteiger partial charge in [0.2, 0.25) is 0 Å². The molecule has 2 amide bonds. The van der Waals surface area contributed by atoms with Crippen molar-refractivity contribution in [2.75, 3.05) is 13.2 Å². The first-order valence-electron chi connectivity index (χ1n) is 8.02. The van der Waals surface area contributed by atoms with E-state index in [1.54, 1.807) is 0 Å². The monoisotopic (exact) mass is 320 g/mol. The van der Waals surface area contributed by atoms with Crippen molar-refractivity contribution in [2.24, 2.45) is 5.92 Å². The molecule has 126 valence electrons. The van der Waals surface area contributed by atoms with Crippen LogP contribution in [0.5, 0.6) is 5.75 Å². The summed E-state index contributed by atoms with van der Waals surface area (Å²) in [5, 5.41) is 14.6. The second kappa shape index (κ2) is 8.41.